The molecule has 2 atom stereocenters. The number of nitrogens with zero attached hydrogens (tertiary/aromatic N) is 1. The van der Waals surface area contributed by atoms with Gasteiger partial charge in [0, 0.05) is 37.2 Å². The predicted molar refractivity (Wildman–Crippen MR) is 100 cm³/mol. The first-order valence-electron chi connectivity index (χ1n) is 7.53. The van der Waals surface area contributed by atoms with E-state index in [4.69, 9.17) is 10.5 Å². The van der Waals surface area contributed by atoms with Gasteiger partial charge in [0.1, 0.15) is 5.75 Å². The third kappa shape index (κ3) is 4.07. The number of hydrogen-bond acceptors (Lipinski definition) is 3. The van der Waals surface area contributed by atoms with Crippen molar-refractivity contribution in [3.63, 3.8) is 0 Å². The van der Waals surface area contributed by atoms with E-state index in [1.807, 2.05) is 18.2 Å². The second-order valence-electron chi connectivity index (χ2n) is 5.81. The summed E-state index contributed by atoms with van der Waals surface area (Å²) in [4.78, 5) is 2.41. The molecular weight excluding hydrogens is 376 g/mol. The standard InChI is InChI=1S/C18H21BrN2O.ClH/c1-22-18-14(8-5-9-16(18)19)10-21-11-15(17(20)12-21)13-6-3-2-4-7-13;/h2-9,15,17H,10-12,20H2,1H3;1H/t15-,17+;/m0./s1. The van der Waals surface area contributed by atoms with Gasteiger partial charge in [0.25, 0.3) is 0 Å². The third-order valence-electron chi connectivity index (χ3n) is 4.32. The molecule has 1 heterocycles. The molecule has 1 saturated heterocycles. The Morgan fingerprint density at radius 2 is 1.87 bits per heavy atom. The highest BCUT2D eigenvalue weighted by molar-refractivity contribution is 9.10. The Bertz CT molecular complexity index is 638. The van der Waals surface area contributed by atoms with Gasteiger partial charge in [0.2, 0.25) is 0 Å². The van der Waals surface area contributed by atoms with E-state index >= 15 is 0 Å². The van der Waals surface area contributed by atoms with Gasteiger partial charge in [-0.25, -0.2) is 0 Å². The van der Waals surface area contributed by atoms with Crippen LogP contribution in [0.5, 0.6) is 5.75 Å². The van der Waals surface area contributed by atoms with Crippen molar-refractivity contribution in [3.05, 3.63) is 64.1 Å². The van der Waals surface area contributed by atoms with Crippen LogP contribution in [-0.2, 0) is 6.54 Å². The van der Waals surface area contributed by atoms with E-state index in [1.165, 1.54) is 11.1 Å². The SMILES string of the molecule is COc1c(Br)cccc1CN1C[C@@H](N)[C@H](c2ccccc2)C1.Cl. The lowest BCUT2D eigenvalue weighted by Gasteiger charge is -2.18. The lowest BCUT2D eigenvalue weighted by molar-refractivity contribution is 0.314. The molecule has 3 rings (SSSR count). The fourth-order valence-corrected chi connectivity index (χ4v) is 3.81. The van der Waals surface area contributed by atoms with Crippen LogP contribution >= 0.6 is 28.3 Å². The molecule has 124 valence electrons. The van der Waals surface area contributed by atoms with Crippen molar-refractivity contribution in [1.29, 1.82) is 0 Å². The monoisotopic (exact) mass is 396 g/mol. The molecule has 0 saturated carbocycles. The van der Waals surface area contributed by atoms with Crippen molar-refractivity contribution in [2.24, 2.45) is 5.73 Å². The fourth-order valence-electron chi connectivity index (χ4n) is 3.24. The Morgan fingerprint density at radius 1 is 1.13 bits per heavy atom. The third-order valence-corrected chi connectivity index (χ3v) is 4.94. The van der Waals surface area contributed by atoms with E-state index in [0.29, 0.717) is 5.92 Å². The number of halogens is 2. The van der Waals surface area contributed by atoms with Crippen LogP contribution in [0, 0.1) is 0 Å². The lowest BCUT2D eigenvalue weighted by Crippen LogP contribution is -2.28. The molecule has 0 unspecified atom stereocenters. The van der Waals surface area contributed by atoms with E-state index < -0.39 is 0 Å². The molecule has 2 aromatic rings. The van der Waals surface area contributed by atoms with E-state index in [9.17, 15) is 0 Å². The average Bonchev–Trinajstić information content (AvgIpc) is 2.89. The summed E-state index contributed by atoms with van der Waals surface area (Å²) in [5, 5.41) is 0. The maximum absolute atomic E-state index is 6.37. The van der Waals surface area contributed by atoms with Crippen molar-refractivity contribution in [2.45, 2.75) is 18.5 Å². The minimum absolute atomic E-state index is 0. The molecule has 0 bridgehead atoms. The predicted octanol–water partition coefficient (Wildman–Crippen LogP) is 3.81. The number of ether oxygens (including phenoxy) is 1. The first-order chi connectivity index (χ1) is 10.7. The van der Waals surface area contributed by atoms with E-state index in [1.54, 1.807) is 7.11 Å². The molecule has 23 heavy (non-hydrogen) atoms. The van der Waals surface area contributed by atoms with Gasteiger partial charge in [-0.15, -0.1) is 12.4 Å². The first kappa shape index (κ1) is 18.3. The number of rotatable bonds is 4. The molecular formula is C18H22BrClN2O. The summed E-state index contributed by atoms with van der Waals surface area (Å²) in [7, 11) is 1.71. The second kappa shape index (κ2) is 8.15. The topological polar surface area (TPSA) is 38.5 Å². The van der Waals surface area contributed by atoms with Crippen LogP contribution in [0.1, 0.15) is 17.0 Å². The Balaban J connectivity index is 0.00000192. The molecule has 0 aliphatic carbocycles. The van der Waals surface area contributed by atoms with Crippen LogP contribution < -0.4 is 10.5 Å². The highest BCUT2D eigenvalue weighted by Crippen LogP contribution is 2.32. The van der Waals surface area contributed by atoms with E-state index in [-0.39, 0.29) is 18.4 Å². The van der Waals surface area contributed by atoms with Crippen molar-refractivity contribution in [2.75, 3.05) is 20.2 Å². The van der Waals surface area contributed by atoms with Gasteiger partial charge in [-0.2, -0.15) is 0 Å². The smallest absolute Gasteiger partial charge is 0.137 e. The zero-order chi connectivity index (χ0) is 15.5. The van der Waals surface area contributed by atoms with Crippen LogP contribution in [-0.4, -0.2) is 31.1 Å². The summed E-state index contributed by atoms with van der Waals surface area (Å²) in [6.45, 7) is 2.76. The number of hydrogen-bond donors (Lipinski definition) is 1. The summed E-state index contributed by atoms with van der Waals surface area (Å²) >= 11 is 3.55. The van der Waals surface area contributed by atoms with E-state index in [2.05, 4.69) is 51.2 Å². The van der Waals surface area contributed by atoms with Crippen LogP contribution in [0.3, 0.4) is 0 Å². The molecule has 1 aliphatic rings. The summed E-state index contributed by atoms with van der Waals surface area (Å²) < 4.78 is 6.52. The van der Waals surface area contributed by atoms with Crippen LogP contribution in [0.2, 0.25) is 0 Å². The molecule has 0 spiro atoms. The summed E-state index contributed by atoms with van der Waals surface area (Å²) in [6.07, 6.45) is 0. The van der Waals surface area contributed by atoms with Crippen molar-refractivity contribution >= 4 is 28.3 Å². The van der Waals surface area contributed by atoms with Gasteiger partial charge in [-0.1, -0.05) is 42.5 Å². The van der Waals surface area contributed by atoms with Gasteiger partial charge >= 0.3 is 0 Å². The van der Waals surface area contributed by atoms with Gasteiger partial charge in [0.15, 0.2) is 0 Å². The molecule has 3 nitrogen and oxygen atoms in total. The molecule has 1 fully saturated rings. The van der Waals surface area contributed by atoms with Gasteiger partial charge in [-0.3, -0.25) is 4.90 Å². The number of para-hydroxylation sites is 1. The minimum Gasteiger partial charge on any atom is -0.495 e. The molecule has 2 N–H and O–H groups in total. The average molecular weight is 398 g/mol. The summed E-state index contributed by atoms with van der Waals surface area (Å²) in [6, 6.07) is 16.9. The zero-order valence-corrected chi connectivity index (χ0v) is 15.5. The molecule has 0 amide bonds. The van der Waals surface area contributed by atoms with Crippen LogP contribution in [0.25, 0.3) is 0 Å². The Labute approximate surface area is 152 Å². The van der Waals surface area contributed by atoms with Gasteiger partial charge in [-0.05, 0) is 27.6 Å². The maximum Gasteiger partial charge on any atom is 0.137 e. The number of likely N-dealkylation sites (tertiary alicyclic amines) is 1. The van der Waals surface area contributed by atoms with Gasteiger partial charge in [0.05, 0.1) is 11.6 Å². The van der Waals surface area contributed by atoms with Crippen molar-refractivity contribution in [3.8, 4) is 5.75 Å². The fraction of sp³-hybridized carbons (Fsp3) is 0.333. The number of methoxy groups -OCH3 is 1. The largest absolute Gasteiger partial charge is 0.495 e. The zero-order valence-electron chi connectivity index (χ0n) is 13.1. The molecule has 0 radical (unpaired) electrons. The first-order valence-corrected chi connectivity index (χ1v) is 8.32. The number of nitrogens with two attached hydrogens (primary N) is 1. The summed E-state index contributed by atoms with van der Waals surface area (Å²) in [5.41, 5.74) is 8.90. The molecule has 1 aliphatic heterocycles. The maximum atomic E-state index is 6.37. The normalized spacial score (nSPS) is 21.0. The minimum atomic E-state index is 0. The van der Waals surface area contributed by atoms with Crippen LogP contribution in [0.15, 0.2) is 53.0 Å². The highest BCUT2D eigenvalue weighted by Gasteiger charge is 2.31. The van der Waals surface area contributed by atoms with Crippen LogP contribution in [0.4, 0.5) is 0 Å². The Kier molecular flexibility index (Phi) is 6.48. The van der Waals surface area contributed by atoms with Gasteiger partial charge < -0.3 is 10.5 Å². The number of benzene rings is 2. The lowest BCUT2D eigenvalue weighted by atomic mass is 9.95. The molecule has 2 aromatic carbocycles. The molecule has 0 aromatic heterocycles. The quantitative estimate of drug-likeness (QED) is 0.852. The van der Waals surface area contributed by atoms with Crippen molar-refractivity contribution in [1.82, 2.24) is 4.90 Å². The Hall–Kier alpha value is -1.07. The van der Waals surface area contributed by atoms with Crippen molar-refractivity contribution < 1.29 is 4.74 Å². The molecule has 5 heteroatoms. The second-order valence-corrected chi connectivity index (χ2v) is 6.66. The Morgan fingerprint density at radius 3 is 2.57 bits per heavy atom. The van der Waals surface area contributed by atoms with E-state index in [0.717, 1.165) is 29.9 Å². The highest BCUT2D eigenvalue weighted by atomic mass is 79.9. The summed E-state index contributed by atoms with van der Waals surface area (Å²) in [5.74, 6) is 1.32.